The number of nitrogen functional groups attached to an aromatic ring is 1. The molecule has 0 bridgehead atoms. The molecule has 0 aliphatic carbocycles. The van der Waals surface area contributed by atoms with E-state index in [4.69, 9.17) is 10.8 Å². The van der Waals surface area contributed by atoms with E-state index in [0.29, 0.717) is 0 Å². The number of aliphatic hydroxyl groups excluding tert-OH is 1. The fourth-order valence-corrected chi connectivity index (χ4v) is 1.56. The van der Waals surface area contributed by atoms with Gasteiger partial charge in [-0.2, -0.15) is 0 Å². The predicted molar refractivity (Wildman–Crippen MR) is 63.3 cm³/mol. The molecule has 1 aromatic carbocycles. The average Bonchev–Trinajstić information content (AvgIpc) is 2.16. The summed E-state index contributed by atoms with van der Waals surface area (Å²) in [6, 6.07) is 5.62. The van der Waals surface area contributed by atoms with Gasteiger partial charge in [-0.15, -0.1) is 0 Å². The van der Waals surface area contributed by atoms with Crippen LogP contribution >= 0.6 is 15.9 Å². The lowest BCUT2D eigenvalue weighted by Crippen LogP contribution is -2.14. The minimum absolute atomic E-state index is 0.194. The Morgan fingerprint density at radius 3 is 2.86 bits per heavy atom. The Morgan fingerprint density at radius 1 is 1.57 bits per heavy atom. The largest absolute Gasteiger partial charge is 0.399 e. The number of hydrogen-bond acceptors (Lipinski definition) is 3. The smallest absolute Gasteiger partial charge is 0.0486 e. The van der Waals surface area contributed by atoms with E-state index < -0.39 is 0 Å². The van der Waals surface area contributed by atoms with E-state index in [9.17, 15) is 0 Å². The maximum atomic E-state index is 8.85. The molecule has 0 aromatic heterocycles. The van der Waals surface area contributed by atoms with Crippen LogP contribution < -0.4 is 11.1 Å². The lowest BCUT2D eigenvalue weighted by atomic mass is 10.2. The minimum Gasteiger partial charge on any atom is -0.399 e. The van der Waals surface area contributed by atoms with Gasteiger partial charge in [0, 0.05) is 29.0 Å². The number of anilines is 2. The normalized spacial score (nSPS) is 12.5. The Morgan fingerprint density at radius 2 is 2.29 bits per heavy atom. The first-order valence-corrected chi connectivity index (χ1v) is 5.32. The number of aliphatic hydroxyl groups is 1. The van der Waals surface area contributed by atoms with Crippen LogP contribution in [0.4, 0.5) is 11.4 Å². The molecule has 0 aliphatic heterocycles. The predicted octanol–water partition coefficient (Wildman–Crippen LogP) is 2.07. The quantitative estimate of drug-likeness (QED) is 0.725. The van der Waals surface area contributed by atoms with Crippen LogP contribution in [-0.4, -0.2) is 18.3 Å². The lowest BCUT2D eigenvalue weighted by Gasteiger charge is -2.12. The van der Waals surface area contributed by atoms with E-state index in [2.05, 4.69) is 21.2 Å². The van der Waals surface area contributed by atoms with Gasteiger partial charge in [-0.05, 0) is 40.0 Å². The van der Waals surface area contributed by atoms with Crippen LogP contribution in [0.5, 0.6) is 0 Å². The molecule has 0 saturated heterocycles. The van der Waals surface area contributed by atoms with E-state index >= 15 is 0 Å². The third-order valence-corrected chi connectivity index (χ3v) is 2.60. The number of benzene rings is 1. The summed E-state index contributed by atoms with van der Waals surface area (Å²) in [6.07, 6.45) is 0. The Bertz CT molecular complexity index is 304. The first-order chi connectivity index (χ1) is 6.63. The van der Waals surface area contributed by atoms with Crippen molar-refractivity contribution in [1.82, 2.24) is 0 Å². The van der Waals surface area contributed by atoms with Gasteiger partial charge >= 0.3 is 0 Å². The van der Waals surface area contributed by atoms with Crippen LogP contribution in [0.3, 0.4) is 0 Å². The van der Waals surface area contributed by atoms with E-state index in [0.717, 1.165) is 22.4 Å². The molecule has 1 aromatic rings. The maximum absolute atomic E-state index is 8.85. The Hall–Kier alpha value is -0.740. The zero-order valence-corrected chi connectivity index (χ0v) is 9.71. The standard InChI is InChI=1S/C10H15BrN2O/c1-7(6-14)5-13-10-3-2-8(12)4-9(10)11/h2-4,7,13-14H,5-6,12H2,1H3. The van der Waals surface area contributed by atoms with Crippen LogP contribution in [0.1, 0.15) is 6.92 Å². The summed E-state index contributed by atoms with van der Waals surface area (Å²) in [7, 11) is 0. The van der Waals surface area contributed by atoms with Crippen molar-refractivity contribution in [2.24, 2.45) is 5.92 Å². The summed E-state index contributed by atoms with van der Waals surface area (Å²) in [5, 5.41) is 12.1. The molecule has 0 fully saturated rings. The first kappa shape index (κ1) is 11.3. The molecule has 4 N–H and O–H groups in total. The SMILES string of the molecule is CC(CO)CNc1ccc(N)cc1Br. The molecule has 1 rings (SSSR count). The molecule has 0 spiro atoms. The molecule has 14 heavy (non-hydrogen) atoms. The minimum atomic E-state index is 0.194. The molecular formula is C10H15BrN2O. The van der Waals surface area contributed by atoms with Crippen molar-refractivity contribution in [2.45, 2.75) is 6.92 Å². The van der Waals surface area contributed by atoms with E-state index in [1.54, 1.807) is 0 Å². The average molecular weight is 259 g/mol. The Labute approximate surface area is 92.4 Å². The van der Waals surface area contributed by atoms with Gasteiger partial charge in [0.1, 0.15) is 0 Å². The third-order valence-electron chi connectivity index (χ3n) is 1.95. The van der Waals surface area contributed by atoms with Gasteiger partial charge in [-0.1, -0.05) is 6.92 Å². The number of halogens is 1. The van der Waals surface area contributed by atoms with Crippen molar-refractivity contribution in [2.75, 3.05) is 24.2 Å². The van der Waals surface area contributed by atoms with Gasteiger partial charge in [0.05, 0.1) is 0 Å². The topological polar surface area (TPSA) is 58.3 Å². The van der Waals surface area contributed by atoms with Crippen LogP contribution in [0, 0.1) is 5.92 Å². The number of hydrogen-bond donors (Lipinski definition) is 3. The highest BCUT2D eigenvalue weighted by Crippen LogP contribution is 2.24. The van der Waals surface area contributed by atoms with Crippen molar-refractivity contribution < 1.29 is 5.11 Å². The Balaban J connectivity index is 2.59. The van der Waals surface area contributed by atoms with Gasteiger partial charge in [-0.3, -0.25) is 0 Å². The summed E-state index contributed by atoms with van der Waals surface area (Å²) in [5.41, 5.74) is 7.35. The first-order valence-electron chi connectivity index (χ1n) is 4.53. The highest BCUT2D eigenvalue weighted by atomic mass is 79.9. The number of nitrogens with one attached hydrogen (secondary N) is 1. The number of rotatable bonds is 4. The van der Waals surface area contributed by atoms with E-state index in [-0.39, 0.29) is 12.5 Å². The van der Waals surface area contributed by atoms with Gasteiger partial charge in [0.15, 0.2) is 0 Å². The second-order valence-corrected chi connectivity index (χ2v) is 4.26. The van der Waals surface area contributed by atoms with Gasteiger partial charge in [-0.25, -0.2) is 0 Å². The fraction of sp³-hybridized carbons (Fsp3) is 0.400. The third kappa shape index (κ3) is 3.20. The van der Waals surface area contributed by atoms with Crippen molar-refractivity contribution in [3.63, 3.8) is 0 Å². The molecule has 4 heteroatoms. The van der Waals surface area contributed by atoms with Crippen LogP contribution in [-0.2, 0) is 0 Å². The molecule has 78 valence electrons. The van der Waals surface area contributed by atoms with Gasteiger partial charge in [0.25, 0.3) is 0 Å². The summed E-state index contributed by atoms with van der Waals surface area (Å²) < 4.78 is 0.947. The van der Waals surface area contributed by atoms with Crippen LogP contribution in [0.2, 0.25) is 0 Å². The highest BCUT2D eigenvalue weighted by molar-refractivity contribution is 9.10. The second kappa shape index (κ2) is 5.22. The number of nitrogens with two attached hydrogens (primary N) is 1. The molecular weight excluding hydrogens is 244 g/mol. The van der Waals surface area contributed by atoms with Crippen molar-refractivity contribution in [3.05, 3.63) is 22.7 Å². The summed E-state index contributed by atoms with van der Waals surface area (Å²) in [4.78, 5) is 0. The molecule has 0 amide bonds. The monoisotopic (exact) mass is 258 g/mol. The van der Waals surface area contributed by atoms with Gasteiger partial charge < -0.3 is 16.2 Å². The summed E-state index contributed by atoms with van der Waals surface area (Å²) in [5.74, 6) is 0.249. The summed E-state index contributed by atoms with van der Waals surface area (Å²) >= 11 is 3.41. The second-order valence-electron chi connectivity index (χ2n) is 3.41. The summed E-state index contributed by atoms with van der Waals surface area (Å²) in [6.45, 7) is 2.93. The zero-order chi connectivity index (χ0) is 10.6. The zero-order valence-electron chi connectivity index (χ0n) is 8.13. The molecule has 0 aliphatic rings. The van der Waals surface area contributed by atoms with E-state index in [1.165, 1.54) is 0 Å². The van der Waals surface area contributed by atoms with E-state index in [1.807, 2.05) is 25.1 Å². The van der Waals surface area contributed by atoms with Crippen LogP contribution in [0.25, 0.3) is 0 Å². The molecule has 0 heterocycles. The molecule has 1 atom stereocenters. The molecule has 1 unspecified atom stereocenters. The van der Waals surface area contributed by atoms with Gasteiger partial charge in [0.2, 0.25) is 0 Å². The molecule has 0 saturated carbocycles. The molecule has 3 nitrogen and oxygen atoms in total. The fourth-order valence-electron chi connectivity index (χ4n) is 1.02. The van der Waals surface area contributed by atoms with Crippen molar-refractivity contribution in [3.8, 4) is 0 Å². The van der Waals surface area contributed by atoms with Crippen molar-refractivity contribution in [1.29, 1.82) is 0 Å². The van der Waals surface area contributed by atoms with Crippen molar-refractivity contribution >= 4 is 27.3 Å². The van der Waals surface area contributed by atoms with Crippen LogP contribution in [0.15, 0.2) is 22.7 Å². The lowest BCUT2D eigenvalue weighted by molar-refractivity contribution is 0.244. The molecule has 0 radical (unpaired) electrons. The maximum Gasteiger partial charge on any atom is 0.0486 e. The Kier molecular flexibility index (Phi) is 4.22. The highest BCUT2D eigenvalue weighted by Gasteiger charge is 2.02.